The first-order chi connectivity index (χ1) is 11.7. The maximum atomic E-state index is 5.54. The molecule has 24 heavy (non-hydrogen) atoms. The van der Waals surface area contributed by atoms with Gasteiger partial charge >= 0.3 is 0 Å². The van der Waals surface area contributed by atoms with Crippen molar-refractivity contribution in [3.63, 3.8) is 0 Å². The number of ether oxygens (including phenoxy) is 1. The number of nitrogens with one attached hydrogen (secondary N) is 1. The first-order valence-corrected chi connectivity index (χ1v) is 8.62. The second-order valence-corrected chi connectivity index (χ2v) is 6.30. The fourth-order valence-electron chi connectivity index (χ4n) is 2.86. The summed E-state index contributed by atoms with van der Waals surface area (Å²) >= 11 is 5.54. The molecule has 126 valence electrons. The quantitative estimate of drug-likeness (QED) is 0.862. The molecular formula is C19H23N3OS. The van der Waals surface area contributed by atoms with E-state index < -0.39 is 0 Å². The van der Waals surface area contributed by atoms with Crippen LogP contribution in [0.4, 0.5) is 5.69 Å². The van der Waals surface area contributed by atoms with Crippen molar-refractivity contribution in [2.75, 3.05) is 38.6 Å². The smallest absolute Gasteiger partial charge is 0.173 e. The molecular weight excluding hydrogens is 318 g/mol. The van der Waals surface area contributed by atoms with Gasteiger partial charge in [0, 0.05) is 38.4 Å². The van der Waals surface area contributed by atoms with Crippen molar-refractivity contribution in [1.82, 2.24) is 9.80 Å². The first-order valence-electron chi connectivity index (χ1n) is 8.21. The summed E-state index contributed by atoms with van der Waals surface area (Å²) < 4.78 is 5.30. The van der Waals surface area contributed by atoms with Crippen LogP contribution in [0.1, 0.15) is 5.56 Å². The molecule has 0 amide bonds. The van der Waals surface area contributed by atoms with E-state index in [-0.39, 0.29) is 0 Å². The molecule has 1 heterocycles. The van der Waals surface area contributed by atoms with E-state index in [2.05, 4.69) is 27.2 Å². The third-order valence-electron chi connectivity index (χ3n) is 4.22. The summed E-state index contributed by atoms with van der Waals surface area (Å²) in [5.74, 6) is 0.916. The number of methoxy groups -OCH3 is 1. The summed E-state index contributed by atoms with van der Waals surface area (Å²) in [5, 5.41) is 4.12. The predicted octanol–water partition coefficient (Wildman–Crippen LogP) is 3.21. The van der Waals surface area contributed by atoms with Crippen molar-refractivity contribution >= 4 is 23.0 Å². The molecule has 0 aliphatic carbocycles. The van der Waals surface area contributed by atoms with Crippen molar-refractivity contribution in [3.8, 4) is 5.75 Å². The van der Waals surface area contributed by atoms with Crippen molar-refractivity contribution < 1.29 is 4.74 Å². The monoisotopic (exact) mass is 341 g/mol. The van der Waals surface area contributed by atoms with Gasteiger partial charge in [-0.15, -0.1) is 0 Å². The number of hydrogen-bond acceptors (Lipinski definition) is 3. The molecule has 2 aromatic rings. The highest BCUT2D eigenvalue weighted by molar-refractivity contribution is 7.80. The van der Waals surface area contributed by atoms with Gasteiger partial charge in [-0.2, -0.15) is 0 Å². The van der Waals surface area contributed by atoms with Gasteiger partial charge in [-0.1, -0.05) is 30.3 Å². The molecule has 0 saturated carbocycles. The number of nitrogens with zero attached hydrogens (tertiary/aromatic N) is 2. The Kier molecular flexibility index (Phi) is 5.67. The largest absolute Gasteiger partial charge is 0.497 e. The third-order valence-corrected chi connectivity index (χ3v) is 4.59. The van der Waals surface area contributed by atoms with Crippen molar-refractivity contribution in [3.05, 3.63) is 60.2 Å². The summed E-state index contributed by atoms with van der Waals surface area (Å²) in [4.78, 5) is 4.70. The molecule has 1 N–H and O–H groups in total. The van der Waals surface area contributed by atoms with Gasteiger partial charge in [0.25, 0.3) is 0 Å². The number of anilines is 1. The zero-order valence-corrected chi connectivity index (χ0v) is 14.8. The van der Waals surface area contributed by atoms with Crippen LogP contribution in [0.25, 0.3) is 0 Å². The van der Waals surface area contributed by atoms with Crippen LogP contribution < -0.4 is 10.1 Å². The van der Waals surface area contributed by atoms with Crippen molar-refractivity contribution in [2.24, 2.45) is 0 Å². The highest BCUT2D eigenvalue weighted by atomic mass is 32.1. The lowest BCUT2D eigenvalue weighted by Gasteiger charge is -2.36. The Balaban J connectivity index is 1.49. The maximum Gasteiger partial charge on any atom is 0.173 e. The molecule has 2 aromatic carbocycles. The van der Waals surface area contributed by atoms with Crippen molar-refractivity contribution in [2.45, 2.75) is 6.54 Å². The van der Waals surface area contributed by atoms with E-state index in [1.165, 1.54) is 5.56 Å². The number of para-hydroxylation sites is 1. The lowest BCUT2D eigenvalue weighted by molar-refractivity contribution is 0.177. The zero-order valence-electron chi connectivity index (χ0n) is 13.9. The van der Waals surface area contributed by atoms with Gasteiger partial charge in [0.2, 0.25) is 0 Å². The van der Waals surface area contributed by atoms with Crippen LogP contribution in [0, 0.1) is 0 Å². The standard InChI is InChI=1S/C19H23N3OS/c1-23-18-9-5-6-16(14-18)15-21-10-12-22(13-11-21)19(24)20-17-7-3-2-4-8-17/h2-9,14H,10-13,15H2,1H3,(H,20,24). The van der Waals surface area contributed by atoms with E-state index >= 15 is 0 Å². The average molecular weight is 341 g/mol. The minimum absolute atomic E-state index is 0.808. The molecule has 0 aromatic heterocycles. The highest BCUT2D eigenvalue weighted by Crippen LogP contribution is 2.16. The van der Waals surface area contributed by atoms with E-state index in [0.717, 1.165) is 49.3 Å². The van der Waals surface area contributed by atoms with E-state index in [1.807, 2.05) is 42.5 Å². The summed E-state index contributed by atoms with van der Waals surface area (Å²) in [6.07, 6.45) is 0. The van der Waals surface area contributed by atoms with Crippen LogP contribution in [-0.2, 0) is 6.54 Å². The van der Waals surface area contributed by atoms with E-state index in [4.69, 9.17) is 17.0 Å². The van der Waals surface area contributed by atoms with E-state index in [9.17, 15) is 0 Å². The third kappa shape index (κ3) is 4.46. The summed E-state index contributed by atoms with van der Waals surface area (Å²) in [6, 6.07) is 18.4. The van der Waals surface area contributed by atoms with Crippen LogP contribution in [-0.4, -0.2) is 48.2 Å². The van der Waals surface area contributed by atoms with Crippen LogP contribution in [0.5, 0.6) is 5.75 Å². The van der Waals surface area contributed by atoms with Gasteiger partial charge in [0.15, 0.2) is 5.11 Å². The Morgan fingerprint density at radius 2 is 1.79 bits per heavy atom. The van der Waals surface area contributed by atoms with Gasteiger partial charge in [-0.05, 0) is 42.0 Å². The van der Waals surface area contributed by atoms with Crippen molar-refractivity contribution in [1.29, 1.82) is 0 Å². The van der Waals surface area contributed by atoms with Gasteiger partial charge < -0.3 is 15.0 Å². The molecule has 0 spiro atoms. The van der Waals surface area contributed by atoms with Gasteiger partial charge in [0.05, 0.1) is 7.11 Å². The molecule has 5 heteroatoms. The van der Waals surface area contributed by atoms with Crippen LogP contribution in [0.15, 0.2) is 54.6 Å². The number of piperazine rings is 1. The lowest BCUT2D eigenvalue weighted by atomic mass is 10.2. The second-order valence-electron chi connectivity index (χ2n) is 5.91. The molecule has 0 unspecified atom stereocenters. The van der Waals surface area contributed by atoms with Gasteiger partial charge in [-0.25, -0.2) is 0 Å². The SMILES string of the molecule is COc1cccc(CN2CCN(C(=S)Nc3ccccc3)CC2)c1. The maximum absolute atomic E-state index is 5.54. The molecule has 0 bridgehead atoms. The van der Waals surface area contributed by atoms with E-state index in [0.29, 0.717) is 0 Å². The molecule has 1 aliphatic heterocycles. The lowest BCUT2D eigenvalue weighted by Crippen LogP contribution is -2.49. The normalized spacial score (nSPS) is 15.1. The minimum Gasteiger partial charge on any atom is -0.497 e. The fourth-order valence-corrected chi connectivity index (χ4v) is 3.16. The predicted molar refractivity (Wildman–Crippen MR) is 103 cm³/mol. The number of benzene rings is 2. The minimum atomic E-state index is 0.808. The molecule has 0 radical (unpaired) electrons. The summed E-state index contributed by atoms with van der Waals surface area (Å²) in [6.45, 7) is 4.86. The fraction of sp³-hybridized carbons (Fsp3) is 0.316. The number of rotatable bonds is 4. The topological polar surface area (TPSA) is 27.7 Å². The summed E-state index contributed by atoms with van der Waals surface area (Å²) in [7, 11) is 1.71. The Hall–Kier alpha value is -2.11. The summed E-state index contributed by atoms with van der Waals surface area (Å²) in [5.41, 5.74) is 2.33. The van der Waals surface area contributed by atoms with Gasteiger partial charge in [-0.3, -0.25) is 4.90 Å². The Bertz CT molecular complexity index is 669. The van der Waals surface area contributed by atoms with E-state index in [1.54, 1.807) is 7.11 Å². The molecule has 1 aliphatic rings. The highest BCUT2D eigenvalue weighted by Gasteiger charge is 2.19. The molecule has 0 atom stereocenters. The number of thiocarbonyl (C=S) groups is 1. The second kappa shape index (κ2) is 8.13. The van der Waals surface area contributed by atoms with Crippen LogP contribution in [0.2, 0.25) is 0 Å². The Morgan fingerprint density at radius 1 is 1.04 bits per heavy atom. The van der Waals surface area contributed by atoms with Gasteiger partial charge in [0.1, 0.15) is 5.75 Å². The number of hydrogen-bond donors (Lipinski definition) is 1. The average Bonchev–Trinajstić information content (AvgIpc) is 2.63. The van der Waals surface area contributed by atoms with Crippen LogP contribution >= 0.6 is 12.2 Å². The molecule has 1 fully saturated rings. The first kappa shape index (κ1) is 16.7. The zero-order chi connectivity index (χ0) is 16.8. The molecule has 1 saturated heterocycles. The van der Waals surface area contributed by atoms with Crippen LogP contribution in [0.3, 0.4) is 0 Å². The Morgan fingerprint density at radius 3 is 2.50 bits per heavy atom. The molecule has 4 nitrogen and oxygen atoms in total. The Labute approximate surface area is 149 Å². The molecule has 3 rings (SSSR count).